The van der Waals surface area contributed by atoms with E-state index in [0.29, 0.717) is 24.8 Å². The van der Waals surface area contributed by atoms with Gasteiger partial charge in [-0.3, -0.25) is 0 Å². The van der Waals surface area contributed by atoms with Crippen molar-refractivity contribution in [3.05, 3.63) is 17.5 Å². The van der Waals surface area contributed by atoms with E-state index in [0.717, 1.165) is 0 Å². The summed E-state index contributed by atoms with van der Waals surface area (Å²) in [4.78, 5) is 20.9. The molecule has 0 bridgehead atoms. The molecule has 18 heavy (non-hydrogen) atoms. The molecule has 0 atom stereocenters. The van der Waals surface area contributed by atoms with Crippen LogP contribution >= 0.6 is 0 Å². The Morgan fingerprint density at radius 2 is 2.22 bits per heavy atom. The second-order valence-electron chi connectivity index (χ2n) is 4.32. The summed E-state index contributed by atoms with van der Waals surface area (Å²) in [6, 6.07) is 0. The highest BCUT2D eigenvalue weighted by Gasteiger charge is 2.12. The Labute approximate surface area is 107 Å². The van der Waals surface area contributed by atoms with Gasteiger partial charge < -0.3 is 14.7 Å². The highest BCUT2D eigenvalue weighted by atomic mass is 16.5. The number of nitrogens with zero attached hydrogens (tertiary/aromatic N) is 3. The van der Waals surface area contributed by atoms with E-state index in [9.17, 15) is 4.79 Å². The largest absolute Gasteiger partial charge is 0.478 e. The predicted molar refractivity (Wildman–Crippen MR) is 68.1 cm³/mol. The first kappa shape index (κ1) is 14.4. The highest BCUT2D eigenvalue weighted by Crippen LogP contribution is 2.09. The number of rotatable bonds is 6. The van der Waals surface area contributed by atoms with Gasteiger partial charge in [0.25, 0.3) is 0 Å². The molecule has 0 aliphatic heterocycles. The van der Waals surface area contributed by atoms with Gasteiger partial charge in [0.1, 0.15) is 0 Å². The topological polar surface area (TPSA) is 75.5 Å². The maximum Gasteiger partial charge on any atom is 0.339 e. The van der Waals surface area contributed by atoms with Crippen molar-refractivity contribution < 1.29 is 14.6 Å². The molecule has 0 fully saturated rings. The molecular weight excluding hydrogens is 234 g/mol. The van der Waals surface area contributed by atoms with Gasteiger partial charge in [0.2, 0.25) is 5.95 Å². The third-order valence-corrected chi connectivity index (χ3v) is 2.42. The average Bonchev–Trinajstić information content (AvgIpc) is 2.27. The number of hydrogen-bond donors (Lipinski definition) is 1. The Morgan fingerprint density at radius 1 is 1.56 bits per heavy atom. The van der Waals surface area contributed by atoms with Crippen LogP contribution in [0.5, 0.6) is 0 Å². The van der Waals surface area contributed by atoms with Crippen molar-refractivity contribution in [3.63, 3.8) is 0 Å². The Hall–Kier alpha value is -1.69. The molecule has 0 spiro atoms. The van der Waals surface area contributed by atoms with Gasteiger partial charge in [-0.15, -0.1) is 0 Å². The lowest BCUT2D eigenvalue weighted by Crippen LogP contribution is -2.26. The maximum atomic E-state index is 10.8. The van der Waals surface area contributed by atoms with E-state index in [4.69, 9.17) is 9.84 Å². The molecule has 1 heterocycles. The lowest BCUT2D eigenvalue weighted by atomic mass is 10.2. The molecule has 0 aromatic carbocycles. The van der Waals surface area contributed by atoms with Crippen LogP contribution in [0.1, 0.15) is 29.9 Å². The first-order chi connectivity index (χ1) is 8.41. The van der Waals surface area contributed by atoms with Crippen LogP contribution < -0.4 is 4.90 Å². The van der Waals surface area contributed by atoms with E-state index >= 15 is 0 Å². The van der Waals surface area contributed by atoms with E-state index < -0.39 is 5.97 Å². The smallest absolute Gasteiger partial charge is 0.339 e. The molecule has 1 N–H and O–H groups in total. The summed E-state index contributed by atoms with van der Waals surface area (Å²) in [5.74, 6) is -0.505. The fraction of sp³-hybridized carbons (Fsp3) is 0.583. The van der Waals surface area contributed by atoms with Gasteiger partial charge in [0.05, 0.1) is 24.0 Å². The van der Waals surface area contributed by atoms with E-state index in [1.54, 1.807) is 6.92 Å². The third-order valence-electron chi connectivity index (χ3n) is 2.42. The SMILES string of the molecule is Cc1nc(N(C)CCOC(C)C)ncc1C(=O)O. The molecule has 0 unspecified atom stereocenters. The standard InChI is InChI=1S/C12H19N3O3/c1-8(2)18-6-5-15(4)12-13-7-10(11(16)17)9(3)14-12/h7-8H,5-6H2,1-4H3,(H,16,17). The Balaban J connectivity index is 2.66. The summed E-state index contributed by atoms with van der Waals surface area (Å²) in [5.41, 5.74) is 0.592. The van der Waals surface area contributed by atoms with Crippen LogP contribution in [0.2, 0.25) is 0 Å². The third kappa shape index (κ3) is 3.96. The molecule has 1 aromatic heterocycles. The first-order valence-electron chi connectivity index (χ1n) is 5.81. The number of anilines is 1. The highest BCUT2D eigenvalue weighted by molar-refractivity contribution is 5.88. The van der Waals surface area contributed by atoms with Gasteiger partial charge in [-0.25, -0.2) is 14.8 Å². The van der Waals surface area contributed by atoms with Gasteiger partial charge in [0, 0.05) is 19.8 Å². The van der Waals surface area contributed by atoms with Crippen LogP contribution in [0.15, 0.2) is 6.20 Å². The molecule has 6 nitrogen and oxygen atoms in total. The van der Waals surface area contributed by atoms with Crippen molar-refractivity contribution in [3.8, 4) is 0 Å². The van der Waals surface area contributed by atoms with Gasteiger partial charge in [-0.05, 0) is 20.8 Å². The van der Waals surface area contributed by atoms with Crippen molar-refractivity contribution >= 4 is 11.9 Å². The molecule has 1 rings (SSSR count). The number of aryl methyl sites for hydroxylation is 1. The van der Waals surface area contributed by atoms with E-state index in [2.05, 4.69) is 9.97 Å². The minimum atomic E-state index is -1.01. The van der Waals surface area contributed by atoms with Crippen LogP contribution in [0.3, 0.4) is 0 Å². The summed E-state index contributed by atoms with van der Waals surface area (Å²) in [5, 5.41) is 8.88. The molecular formula is C12H19N3O3. The van der Waals surface area contributed by atoms with Gasteiger partial charge in [-0.2, -0.15) is 0 Å². The number of carboxylic acid groups (broad SMARTS) is 1. The Morgan fingerprint density at radius 3 is 2.72 bits per heavy atom. The minimum Gasteiger partial charge on any atom is -0.478 e. The second-order valence-corrected chi connectivity index (χ2v) is 4.32. The zero-order valence-electron chi connectivity index (χ0n) is 11.2. The number of hydrogen-bond acceptors (Lipinski definition) is 5. The quantitative estimate of drug-likeness (QED) is 0.824. The van der Waals surface area contributed by atoms with Crippen molar-refractivity contribution in [2.24, 2.45) is 0 Å². The Kier molecular flexibility index (Phi) is 5.03. The summed E-state index contributed by atoms with van der Waals surface area (Å²) < 4.78 is 5.43. The molecule has 0 amide bonds. The first-order valence-corrected chi connectivity index (χ1v) is 5.81. The van der Waals surface area contributed by atoms with Gasteiger partial charge in [0.15, 0.2) is 0 Å². The number of likely N-dealkylation sites (N-methyl/N-ethyl adjacent to an activating group) is 1. The number of carboxylic acids is 1. The minimum absolute atomic E-state index is 0.130. The summed E-state index contributed by atoms with van der Waals surface area (Å²) in [6.07, 6.45) is 1.52. The summed E-state index contributed by atoms with van der Waals surface area (Å²) in [7, 11) is 1.85. The summed E-state index contributed by atoms with van der Waals surface area (Å²) >= 11 is 0. The molecule has 100 valence electrons. The van der Waals surface area contributed by atoms with Gasteiger partial charge in [-0.1, -0.05) is 0 Å². The van der Waals surface area contributed by atoms with Crippen LogP contribution in [-0.2, 0) is 4.74 Å². The van der Waals surface area contributed by atoms with E-state index in [1.807, 2.05) is 25.8 Å². The van der Waals surface area contributed by atoms with Gasteiger partial charge >= 0.3 is 5.97 Å². The number of carbonyl (C=O) groups is 1. The fourth-order valence-corrected chi connectivity index (χ4v) is 1.37. The number of aromatic nitrogens is 2. The monoisotopic (exact) mass is 253 g/mol. The average molecular weight is 253 g/mol. The zero-order valence-corrected chi connectivity index (χ0v) is 11.2. The van der Waals surface area contributed by atoms with Crippen LogP contribution in [0, 0.1) is 6.92 Å². The molecule has 0 radical (unpaired) electrons. The Bertz CT molecular complexity index is 421. The molecule has 0 aliphatic carbocycles. The molecule has 0 saturated heterocycles. The van der Waals surface area contributed by atoms with E-state index in [-0.39, 0.29) is 11.7 Å². The molecule has 6 heteroatoms. The lowest BCUT2D eigenvalue weighted by molar-refractivity contribution is 0.0694. The molecule has 1 aromatic rings. The van der Waals surface area contributed by atoms with Crippen LogP contribution in [0.25, 0.3) is 0 Å². The normalized spacial score (nSPS) is 10.7. The fourth-order valence-electron chi connectivity index (χ4n) is 1.37. The van der Waals surface area contributed by atoms with Crippen molar-refractivity contribution in [2.45, 2.75) is 26.9 Å². The summed E-state index contributed by atoms with van der Waals surface area (Å²) in [6.45, 7) is 6.85. The molecule has 0 saturated carbocycles. The number of aromatic carboxylic acids is 1. The predicted octanol–water partition coefficient (Wildman–Crippen LogP) is 1.34. The second kappa shape index (κ2) is 6.30. The van der Waals surface area contributed by atoms with Crippen LogP contribution in [0.4, 0.5) is 5.95 Å². The van der Waals surface area contributed by atoms with E-state index in [1.165, 1.54) is 6.20 Å². The van der Waals surface area contributed by atoms with Crippen molar-refractivity contribution in [2.75, 3.05) is 25.1 Å². The van der Waals surface area contributed by atoms with Crippen molar-refractivity contribution in [1.29, 1.82) is 0 Å². The zero-order chi connectivity index (χ0) is 13.7. The molecule has 0 aliphatic rings. The number of ether oxygens (including phenoxy) is 1. The van der Waals surface area contributed by atoms with Crippen LogP contribution in [-0.4, -0.2) is 47.3 Å². The maximum absolute atomic E-state index is 10.8. The van der Waals surface area contributed by atoms with Crippen molar-refractivity contribution in [1.82, 2.24) is 9.97 Å². The lowest BCUT2D eigenvalue weighted by Gasteiger charge is -2.18.